The van der Waals surface area contributed by atoms with Crippen LogP contribution < -0.4 is 4.72 Å². The van der Waals surface area contributed by atoms with Crippen LogP contribution in [0.1, 0.15) is 5.56 Å². The van der Waals surface area contributed by atoms with Crippen molar-refractivity contribution in [1.82, 2.24) is 4.72 Å². The molecule has 10 radical (unpaired) electrons. The van der Waals surface area contributed by atoms with Gasteiger partial charge in [0.25, 0.3) is 0 Å². The molecule has 0 aromatic heterocycles. The summed E-state index contributed by atoms with van der Waals surface area (Å²) in [6, 6.07) is 5.94. The molecule has 2 saturated carbocycles. The molecule has 6 heteroatoms. The van der Waals surface area contributed by atoms with Crippen molar-refractivity contribution in [1.29, 1.82) is 0 Å². The Morgan fingerprint density at radius 2 is 1.54 bits per heavy atom. The van der Waals surface area contributed by atoms with Crippen molar-refractivity contribution in [2.24, 2.45) is 0 Å². The molecule has 2 aliphatic rings. The lowest BCUT2D eigenvalue weighted by atomic mass is 9.86. The summed E-state index contributed by atoms with van der Waals surface area (Å²) in [6.07, 6.45) is 12.3. The molecule has 0 heterocycles. The summed E-state index contributed by atoms with van der Waals surface area (Å²) in [7, 11) is -5.47. The second-order valence-corrected chi connectivity index (χ2v) is 15.0. The van der Waals surface area contributed by atoms with Crippen LogP contribution in [-0.4, -0.2) is 33.7 Å². The molecule has 2 aliphatic carbocycles. The van der Waals surface area contributed by atoms with Crippen LogP contribution in [0.15, 0.2) is 29.2 Å². The number of benzene rings is 1. The van der Waals surface area contributed by atoms with Crippen molar-refractivity contribution in [3.05, 3.63) is 92.2 Å². The Hall–Kier alpha value is -0.693. The van der Waals surface area contributed by atoms with Crippen molar-refractivity contribution < 1.29 is 13.5 Å². The molecule has 0 bridgehead atoms. The number of hydrogen-bond donors (Lipinski definition) is 2. The fourth-order valence-electron chi connectivity index (χ4n) is 3.42. The molecule has 2 N–H and O–H groups in total. The number of nitrogens with one attached hydrogen (secondary N) is 1. The van der Waals surface area contributed by atoms with Gasteiger partial charge in [-0.05, 0) is 69.5 Å². The van der Waals surface area contributed by atoms with Gasteiger partial charge in [0.1, 0.15) is 0 Å². The third-order valence-electron chi connectivity index (χ3n) is 4.95. The number of hydrogen-bond acceptors (Lipinski definition) is 3. The Morgan fingerprint density at radius 1 is 0.929 bits per heavy atom. The van der Waals surface area contributed by atoms with Gasteiger partial charge in [-0.2, -0.15) is 0 Å². The fourth-order valence-corrected chi connectivity index (χ4v) is 6.34. The highest BCUT2D eigenvalue weighted by Gasteiger charge is 2.47. The molecule has 28 heavy (non-hydrogen) atoms. The molecule has 0 aliphatic heterocycles. The molecule has 0 unspecified atom stereocenters. The summed E-state index contributed by atoms with van der Waals surface area (Å²) in [5.74, 6) is 1.54. The molecule has 2 fully saturated rings. The Labute approximate surface area is 172 Å². The van der Waals surface area contributed by atoms with Gasteiger partial charge >= 0.3 is 0 Å². The Morgan fingerprint density at radius 3 is 2.11 bits per heavy atom. The standard InChI is InChI=1S/C22H27NO3SSi/c1-16-12-14-18(15-13-16)27(25,26)23-21(17-8-5-6-9-17)22(24)19-10-7-11-20(19)28(2,3)4/h5-15,21-24H,1-4H3/t21-,22+/m0/s1. The van der Waals surface area contributed by atoms with Crippen LogP contribution in [0.4, 0.5) is 0 Å². The summed E-state index contributed by atoms with van der Waals surface area (Å²) < 4.78 is 28.7. The number of sulfonamides is 1. The predicted molar refractivity (Wildman–Crippen MR) is 114 cm³/mol. The first-order valence-electron chi connectivity index (χ1n) is 9.34. The Bertz CT molecular complexity index is 751. The van der Waals surface area contributed by atoms with Gasteiger partial charge in [0.15, 0.2) is 0 Å². The molecule has 148 valence electrons. The molecule has 0 spiro atoms. The van der Waals surface area contributed by atoms with Crippen molar-refractivity contribution >= 4 is 18.1 Å². The van der Waals surface area contributed by atoms with Gasteiger partial charge in [0.05, 0.1) is 25.1 Å². The fraction of sp³-hybridized carbons (Fsp3) is 0.273. The summed E-state index contributed by atoms with van der Waals surface area (Å²) in [5.41, 5.74) is 2.13. The highest BCUT2D eigenvalue weighted by atomic mass is 32.2. The quantitative estimate of drug-likeness (QED) is 0.675. The molecule has 1 aromatic carbocycles. The van der Waals surface area contributed by atoms with Gasteiger partial charge in [0.2, 0.25) is 10.0 Å². The smallest absolute Gasteiger partial charge is 0.240 e. The lowest BCUT2D eigenvalue weighted by Crippen LogP contribution is -2.51. The van der Waals surface area contributed by atoms with Crippen LogP contribution >= 0.6 is 0 Å². The summed E-state index contributed by atoms with van der Waals surface area (Å²) in [4.78, 5) is 0.190. The number of aliphatic hydroxyl groups excluding tert-OH is 1. The number of rotatable bonds is 7. The predicted octanol–water partition coefficient (Wildman–Crippen LogP) is 3.06. The second-order valence-electron chi connectivity index (χ2n) is 8.22. The third kappa shape index (κ3) is 4.89. The van der Waals surface area contributed by atoms with Crippen molar-refractivity contribution in [3.8, 4) is 0 Å². The van der Waals surface area contributed by atoms with Crippen LogP contribution in [0.2, 0.25) is 19.6 Å². The molecule has 3 rings (SSSR count). The van der Waals surface area contributed by atoms with Gasteiger partial charge in [-0.1, -0.05) is 37.3 Å². The van der Waals surface area contributed by atoms with E-state index in [1.165, 1.54) is 0 Å². The van der Waals surface area contributed by atoms with Gasteiger partial charge in [-0.3, -0.25) is 0 Å². The molecule has 0 saturated heterocycles. The third-order valence-corrected chi connectivity index (χ3v) is 8.48. The minimum absolute atomic E-state index is 0.190. The van der Waals surface area contributed by atoms with Gasteiger partial charge in [0, 0.05) is 11.8 Å². The average Bonchev–Trinajstić information content (AvgIpc) is 3.30. The van der Waals surface area contributed by atoms with E-state index in [-0.39, 0.29) is 4.90 Å². The maximum absolute atomic E-state index is 13.0. The minimum Gasteiger partial charge on any atom is -0.391 e. The average molecular weight is 414 g/mol. The maximum atomic E-state index is 13.0. The molecule has 4 nitrogen and oxygen atoms in total. The first-order valence-corrected chi connectivity index (χ1v) is 14.3. The second kappa shape index (κ2) is 8.58. The van der Waals surface area contributed by atoms with Crippen molar-refractivity contribution in [3.63, 3.8) is 0 Å². The van der Waals surface area contributed by atoms with Crippen LogP contribution in [0, 0.1) is 69.2 Å². The number of aliphatic hydroxyl groups is 1. The Balaban J connectivity index is 1.86. The van der Waals surface area contributed by atoms with E-state index in [2.05, 4.69) is 24.4 Å². The highest BCUT2D eigenvalue weighted by Crippen LogP contribution is 2.44. The SMILES string of the molecule is Cc1ccc(S(=O)(=O)N[C@@H]([C]2[CH][CH][CH][CH]2)[C@H](O)[C]2[CH][CH][CH][C]2[Si](C)(C)C)cc1. The van der Waals surface area contributed by atoms with Crippen molar-refractivity contribution in [2.45, 2.75) is 43.6 Å². The molecular formula is C22H27NO3SSi. The monoisotopic (exact) mass is 413 g/mol. The minimum atomic E-state index is -3.79. The van der Waals surface area contributed by atoms with E-state index in [1.807, 2.05) is 51.9 Å². The first-order chi connectivity index (χ1) is 13.1. The lowest BCUT2D eigenvalue weighted by Gasteiger charge is -2.37. The van der Waals surface area contributed by atoms with E-state index < -0.39 is 30.2 Å². The molecular weight excluding hydrogens is 386 g/mol. The summed E-state index contributed by atoms with van der Waals surface area (Å²) >= 11 is 0. The van der Waals surface area contributed by atoms with E-state index in [1.54, 1.807) is 24.3 Å². The highest BCUT2D eigenvalue weighted by molar-refractivity contribution is 7.89. The normalized spacial score (nSPS) is 22.6. The Kier molecular flexibility index (Phi) is 6.74. The van der Waals surface area contributed by atoms with Crippen LogP contribution in [-0.2, 0) is 10.0 Å². The topological polar surface area (TPSA) is 66.4 Å². The van der Waals surface area contributed by atoms with Crippen LogP contribution in [0.3, 0.4) is 0 Å². The molecule has 1 aromatic rings. The zero-order valence-corrected chi connectivity index (χ0v) is 18.5. The van der Waals surface area contributed by atoms with E-state index in [0.29, 0.717) is 0 Å². The van der Waals surface area contributed by atoms with Gasteiger partial charge in [-0.25, -0.2) is 13.1 Å². The van der Waals surface area contributed by atoms with E-state index in [0.717, 1.165) is 22.9 Å². The zero-order chi connectivity index (χ0) is 20.5. The summed E-state index contributed by atoms with van der Waals surface area (Å²) in [6.45, 7) is 8.55. The van der Waals surface area contributed by atoms with Crippen LogP contribution in [0.5, 0.6) is 0 Å². The van der Waals surface area contributed by atoms with Crippen molar-refractivity contribution in [2.75, 3.05) is 0 Å². The lowest BCUT2D eigenvalue weighted by molar-refractivity contribution is 0.164. The van der Waals surface area contributed by atoms with Gasteiger partial charge < -0.3 is 5.11 Å². The zero-order valence-electron chi connectivity index (χ0n) is 16.7. The van der Waals surface area contributed by atoms with E-state index in [9.17, 15) is 13.5 Å². The summed E-state index contributed by atoms with van der Waals surface area (Å²) in [5, 5.41) is 11.2. The van der Waals surface area contributed by atoms with E-state index >= 15 is 0 Å². The van der Waals surface area contributed by atoms with Crippen LogP contribution in [0.25, 0.3) is 0 Å². The molecule has 0 amide bonds. The first kappa shape index (κ1) is 22.0. The molecule has 2 atom stereocenters. The van der Waals surface area contributed by atoms with E-state index in [4.69, 9.17) is 0 Å². The largest absolute Gasteiger partial charge is 0.391 e. The van der Waals surface area contributed by atoms with Gasteiger partial charge in [-0.15, -0.1) is 0 Å². The number of aryl methyl sites for hydroxylation is 1. The maximum Gasteiger partial charge on any atom is 0.240 e.